The minimum atomic E-state index is 0.779. The van der Waals surface area contributed by atoms with Gasteiger partial charge in [-0.2, -0.15) is 11.8 Å². The largest absolute Gasteiger partial charge is 0.316 e. The molecule has 1 saturated heterocycles. The van der Waals surface area contributed by atoms with E-state index in [1.807, 2.05) is 0 Å². The lowest BCUT2D eigenvalue weighted by Crippen LogP contribution is -2.38. The molecule has 0 aliphatic carbocycles. The first kappa shape index (κ1) is 16.3. The predicted octanol–water partition coefficient (Wildman–Crippen LogP) is 3.23. The van der Waals surface area contributed by atoms with E-state index in [0.717, 1.165) is 11.2 Å². The van der Waals surface area contributed by atoms with Gasteiger partial charge in [0, 0.05) is 24.1 Å². The van der Waals surface area contributed by atoms with Gasteiger partial charge < -0.3 is 10.2 Å². The van der Waals surface area contributed by atoms with Crippen LogP contribution in [0.3, 0.4) is 0 Å². The highest BCUT2D eigenvalue weighted by Crippen LogP contribution is 2.21. The Morgan fingerprint density at radius 3 is 2.83 bits per heavy atom. The minimum Gasteiger partial charge on any atom is -0.316 e. The zero-order chi connectivity index (χ0) is 13.2. The van der Waals surface area contributed by atoms with Crippen LogP contribution >= 0.6 is 11.8 Å². The average Bonchev–Trinajstić information content (AvgIpc) is 2.37. The van der Waals surface area contributed by atoms with Crippen LogP contribution < -0.4 is 5.32 Å². The minimum absolute atomic E-state index is 0.779. The van der Waals surface area contributed by atoms with E-state index in [9.17, 15) is 0 Å². The third-order valence-corrected chi connectivity index (χ3v) is 4.93. The molecule has 0 spiro atoms. The first-order valence-corrected chi connectivity index (χ1v) is 8.82. The highest BCUT2D eigenvalue weighted by atomic mass is 32.2. The molecule has 0 saturated carbocycles. The van der Waals surface area contributed by atoms with E-state index in [1.54, 1.807) is 0 Å². The van der Waals surface area contributed by atoms with E-state index in [4.69, 9.17) is 0 Å². The van der Waals surface area contributed by atoms with Gasteiger partial charge in [-0.15, -0.1) is 0 Å². The van der Waals surface area contributed by atoms with E-state index >= 15 is 0 Å². The Morgan fingerprint density at radius 2 is 2.11 bits per heavy atom. The Morgan fingerprint density at radius 1 is 1.28 bits per heavy atom. The molecule has 1 heterocycles. The monoisotopic (exact) mass is 272 g/mol. The fraction of sp³-hybridized carbons (Fsp3) is 1.00. The van der Waals surface area contributed by atoms with Crippen LogP contribution in [0.5, 0.6) is 0 Å². The molecule has 1 aliphatic rings. The summed E-state index contributed by atoms with van der Waals surface area (Å²) in [6.45, 7) is 13.2. The van der Waals surface area contributed by atoms with Crippen molar-refractivity contribution >= 4 is 11.8 Å². The van der Waals surface area contributed by atoms with Gasteiger partial charge in [0.1, 0.15) is 0 Å². The second-order valence-corrected chi connectivity index (χ2v) is 7.27. The van der Waals surface area contributed by atoms with Crippen molar-refractivity contribution in [3.63, 3.8) is 0 Å². The summed E-state index contributed by atoms with van der Waals surface area (Å²) in [5.74, 6) is 2.12. The predicted molar refractivity (Wildman–Crippen MR) is 84.5 cm³/mol. The van der Waals surface area contributed by atoms with Crippen LogP contribution in [0.4, 0.5) is 0 Å². The molecule has 1 atom stereocenters. The van der Waals surface area contributed by atoms with Gasteiger partial charge in [0.05, 0.1) is 0 Å². The molecule has 0 aromatic rings. The summed E-state index contributed by atoms with van der Waals surface area (Å²) >= 11 is 2.17. The van der Waals surface area contributed by atoms with E-state index in [0.29, 0.717) is 0 Å². The van der Waals surface area contributed by atoms with E-state index in [2.05, 4.69) is 42.7 Å². The standard InChI is InChI=1S/C15H32N2S/c1-4-15-13-17(10-11-18-15)9-7-5-6-8-16-12-14(2)3/h14-16H,4-13H2,1-3H3. The van der Waals surface area contributed by atoms with E-state index in [-0.39, 0.29) is 0 Å². The molecule has 0 aromatic heterocycles. The van der Waals surface area contributed by atoms with Crippen LogP contribution in [0, 0.1) is 5.92 Å². The zero-order valence-electron chi connectivity index (χ0n) is 12.6. The first-order valence-electron chi connectivity index (χ1n) is 7.77. The molecule has 2 nitrogen and oxygen atoms in total. The van der Waals surface area contributed by atoms with Gasteiger partial charge in [-0.25, -0.2) is 0 Å². The van der Waals surface area contributed by atoms with Crippen LogP contribution in [-0.4, -0.2) is 48.6 Å². The number of rotatable bonds is 9. The van der Waals surface area contributed by atoms with Crippen molar-refractivity contribution in [1.82, 2.24) is 10.2 Å². The van der Waals surface area contributed by atoms with E-state index in [1.165, 1.54) is 64.2 Å². The van der Waals surface area contributed by atoms with Crippen LogP contribution in [0.25, 0.3) is 0 Å². The number of hydrogen-bond donors (Lipinski definition) is 1. The van der Waals surface area contributed by atoms with Crippen LogP contribution in [0.2, 0.25) is 0 Å². The maximum Gasteiger partial charge on any atom is 0.0172 e. The summed E-state index contributed by atoms with van der Waals surface area (Å²) in [5.41, 5.74) is 0. The molecule has 1 fully saturated rings. The third-order valence-electron chi connectivity index (χ3n) is 3.56. The molecule has 1 unspecified atom stereocenters. The van der Waals surface area contributed by atoms with Gasteiger partial charge in [-0.1, -0.05) is 27.2 Å². The molecule has 108 valence electrons. The fourth-order valence-electron chi connectivity index (χ4n) is 2.38. The summed E-state index contributed by atoms with van der Waals surface area (Å²) in [6, 6.07) is 0. The van der Waals surface area contributed by atoms with Crippen LogP contribution in [0.1, 0.15) is 46.5 Å². The van der Waals surface area contributed by atoms with Crippen molar-refractivity contribution in [2.24, 2.45) is 5.92 Å². The van der Waals surface area contributed by atoms with Gasteiger partial charge in [-0.05, 0) is 44.8 Å². The molecule has 0 radical (unpaired) electrons. The van der Waals surface area contributed by atoms with Crippen molar-refractivity contribution in [3.8, 4) is 0 Å². The summed E-state index contributed by atoms with van der Waals surface area (Å²) in [5, 5.41) is 4.42. The van der Waals surface area contributed by atoms with Gasteiger partial charge in [-0.3, -0.25) is 0 Å². The van der Waals surface area contributed by atoms with Gasteiger partial charge in [0.2, 0.25) is 0 Å². The summed E-state index contributed by atoms with van der Waals surface area (Å²) in [6.07, 6.45) is 5.43. The number of nitrogens with zero attached hydrogens (tertiary/aromatic N) is 1. The first-order chi connectivity index (χ1) is 8.72. The van der Waals surface area contributed by atoms with E-state index < -0.39 is 0 Å². The Hall–Kier alpha value is 0.270. The quantitative estimate of drug-likeness (QED) is 0.649. The van der Waals surface area contributed by atoms with Crippen molar-refractivity contribution in [1.29, 1.82) is 0 Å². The Balaban J connectivity index is 1.91. The molecule has 1 aliphatic heterocycles. The van der Waals surface area contributed by atoms with Crippen LogP contribution in [0.15, 0.2) is 0 Å². The van der Waals surface area contributed by atoms with Crippen LogP contribution in [-0.2, 0) is 0 Å². The van der Waals surface area contributed by atoms with Gasteiger partial charge in [0.15, 0.2) is 0 Å². The smallest absolute Gasteiger partial charge is 0.0172 e. The maximum absolute atomic E-state index is 3.52. The SMILES string of the molecule is CCC1CN(CCCCCNCC(C)C)CCS1. The molecule has 18 heavy (non-hydrogen) atoms. The van der Waals surface area contributed by atoms with Crippen molar-refractivity contribution in [3.05, 3.63) is 0 Å². The summed E-state index contributed by atoms with van der Waals surface area (Å²) in [7, 11) is 0. The summed E-state index contributed by atoms with van der Waals surface area (Å²) < 4.78 is 0. The topological polar surface area (TPSA) is 15.3 Å². The lowest BCUT2D eigenvalue weighted by atomic mass is 10.2. The molecule has 0 amide bonds. The maximum atomic E-state index is 3.52. The van der Waals surface area contributed by atoms with Crippen molar-refractivity contribution < 1.29 is 0 Å². The molecular weight excluding hydrogens is 240 g/mol. The number of nitrogens with one attached hydrogen (secondary N) is 1. The summed E-state index contributed by atoms with van der Waals surface area (Å²) in [4.78, 5) is 2.67. The van der Waals surface area contributed by atoms with Gasteiger partial charge >= 0.3 is 0 Å². The number of unbranched alkanes of at least 4 members (excludes halogenated alkanes) is 2. The molecule has 0 aromatic carbocycles. The number of hydrogen-bond acceptors (Lipinski definition) is 3. The van der Waals surface area contributed by atoms with Gasteiger partial charge in [0.25, 0.3) is 0 Å². The second kappa shape index (κ2) is 10.1. The number of thioether (sulfide) groups is 1. The normalized spacial score (nSPS) is 21.7. The van der Waals surface area contributed by atoms with Crippen molar-refractivity contribution in [2.75, 3.05) is 38.5 Å². The molecule has 1 rings (SSSR count). The fourth-order valence-corrected chi connectivity index (χ4v) is 3.63. The Labute approximate surface area is 118 Å². The lowest BCUT2D eigenvalue weighted by Gasteiger charge is -2.31. The molecule has 0 bridgehead atoms. The molecule has 3 heteroatoms. The second-order valence-electron chi connectivity index (χ2n) is 5.86. The highest BCUT2D eigenvalue weighted by Gasteiger charge is 2.17. The average molecular weight is 273 g/mol. The Bertz CT molecular complexity index is 197. The van der Waals surface area contributed by atoms with Crippen molar-refractivity contribution in [2.45, 2.75) is 51.7 Å². The lowest BCUT2D eigenvalue weighted by molar-refractivity contribution is 0.274. The zero-order valence-corrected chi connectivity index (χ0v) is 13.4. The third kappa shape index (κ3) is 7.65. The highest BCUT2D eigenvalue weighted by molar-refractivity contribution is 8.00. The Kier molecular flexibility index (Phi) is 9.16. The molecular formula is C15H32N2S. The molecule has 1 N–H and O–H groups in total.